The molecule has 14 nitrogen and oxygen atoms in total. The molecule has 10 aliphatic rings. The van der Waals surface area contributed by atoms with Crippen molar-refractivity contribution in [1.82, 2.24) is 49.0 Å². The first-order valence-corrected chi connectivity index (χ1v) is 60.3. The zero-order chi connectivity index (χ0) is 106. The number of nitrogens with zero attached hydrogens (tertiary/aromatic N) is 10. The van der Waals surface area contributed by atoms with E-state index in [1.807, 2.05) is 158 Å². The third-order valence-electron chi connectivity index (χ3n) is 24.3. The Morgan fingerprint density at radius 3 is 0.909 bits per heavy atom. The molecule has 1 unspecified atom stereocenters. The second-order valence-electron chi connectivity index (χ2n) is 40.0. The lowest BCUT2D eigenvalue weighted by molar-refractivity contribution is -0.143. The van der Waals surface area contributed by atoms with Gasteiger partial charge in [0.25, 0.3) is 0 Å². The van der Waals surface area contributed by atoms with Crippen molar-refractivity contribution in [3.05, 3.63) is 35.9 Å². The largest absolute Gasteiger partial charge is 0.372 e. The zero-order valence-electron chi connectivity index (χ0n) is 101. The predicted molar refractivity (Wildman–Crippen MR) is 613 cm³/mol. The first kappa shape index (κ1) is 154. The molecule has 16 heteroatoms. The summed E-state index contributed by atoms with van der Waals surface area (Å²) >= 11 is 0. The minimum Gasteiger partial charge on any atom is -0.372 e. The number of benzene rings is 1. The fourth-order valence-electron chi connectivity index (χ4n) is 15.9. The molecule has 0 N–H and O–H groups in total. The van der Waals surface area contributed by atoms with Crippen LogP contribution < -0.4 is 0 Å². The molecule has 0 saturated carbocycles. The maximum absolute atomic E-state index is 11.0. The summed E-state index contributed by atoms with van der Waals surface area (Å²) in [7, 11) is -3.21. The van der Waals surface area contributed by atoms with E-state index in [1.54, 1.807) is 0 Å². The SMILES string of the molecule is CC.CC.CC.CC.CC.CC.CC.CC.CC.CC.CC.CC(C)C.CC(C)C.CC(C)C.CC(C)N1CCC2(CC1)CCN(C(C)C)CC2.CC(C)N1CCC2(CC1)CN(C(C)C)CCO2.CC(C)N1CCC2(CCCN(C(C)C)C2)CC1.CC(C)N1CCN2CCCC2C1.CC(C)N1CCS(=O)(=O)CC1.CC(C)N1CCS(=O)CC1.CC(C)c1ccccc1.CCC(C)C. The van der Waals surface area contributed by atoms with Gasteiger partial charge >= 0.3 is 0 Å². The summed E-state index contributed by atoms with van der Waals surface area (Å²) in [5, 5.41) is 0. The van der Waals surface area contributed by atoms with Gasteiger partial charge < -0.3 is 29.2 Å². The number of hydrogen-bond donors (Lipinski definition) is 0. The number of piperazine rings is 1. The third-order valence-corrected chi connectivity index (χ3v) is 27.2. The van der Waals surface area contributed by atoms with Gasteiger partial charge in [-0.3, -0.25) is 28.7 Å². The standard InChI is InChI=1S/2C15H30N2.C14H28N2O.C10H20N2.C9H12.C7H15NO2S.C7H15NOS.C5H12.3C4H10.11C2H6/c1-13(2)16-9-5-15(6-10-16)7-11-17(12-8-15)14(3)4;1-13(2)16-10-7-15(8-11-16)6-5-9-17(12-15)14(3)4;1-12(2)15-7-5-14(6-8-15)11-16(13(3)4)9-10-17-14;1-9(2)12-7-6-11-5-3-4-10(11)8-12;1-8(2)9-6-4-3-5-7-9;1-7(2)8-3-5-11(9,10)6-4-8;1-7(2)8-3-5-10(9)6-4-8;1-4-5(2)3;3*1-4(2)3;11*1-2/h2*13-14H,5-12H2,1-4H3;12-13H,5-11H2,1-4H3;9-10H,3-8H2,1-2H3;3-8H,1-2H3;7H,3-6H2,1-2H3;7H,3-6H2,1-2H3;5H,4H2,1-3H3;3*4H,1-3H3;11*1-2H3. The molecule has 1 aromatic rings. The lowest BCUT2D eigenvalue weighted by atomic mass is 9.71. The Balaban J connectivity index is -0.000000136. The highest BCUT2D eigenvalue weighted by Crippen LogP contribution is 2.43. The summed E-state index contributed by atoms with van der Waals surface area (Å²) in [6.45, 7) is 141. The van der Waals surface area contributed by atoms with Crippen LogP contribution in [0, 0.1) is 34.5 Å². The maximum Gasteiger partial charge on any atom is 0.152 e. The number of ether oxygens (including phenoxy) is 1. The molecule has 0 aromatic heterocycles. The van der Waals surface area contributed by atoms with E-state index in [0.29, 0.717) is 65.5 Å². The van der Waals surface area contributed by atoms with Gasteiger partial charge in [0.1, 0.15) is 0 Å². The van der Waals surface area contributed by atoms with Gasteiger partial charge in [0.15, 0.2) is 9.84 Å². The molecule has 11 rings (SSSR count). The van der Waals surface area contributed by atoms with E-state index < -0.39 is 20.6 Å². The van der Waals surface area contributed by atoms with Crippen LogP contribution in [0.4, 0.5) is 0 Å². The molecule has 0 aliphatic carbocycles. The molecular formula is C116H258N10O4S2. The number of rotatable bonds is 11. The van der Waals surface area contributed by atoms with Crippen molar-refractivity contribution in [3.8, 4) is 0 Å². The number of hydrogen-bond acceptors (Lipinski definition) is 14. The van der Waals surface area contributed by atoms with Crippen LogP contribution in [0.2, 0.25) is 0 Å². The highest BCUT2D eigenvalue weighted by Gasteiger charge is 2.43. The van der Waals surface area contributed by atoms with Crippen LogP contribution in [0.3, 0.4) is 0 Å². The average molecular weight is 1920 g/mol. The fraction of sp³-hybridized carbons (Fsp3) is 0.948. The molecule has 0 radical (unpaired) electrons. The quantitative estimate of drug-likeness (QED) is 0.210. The second kappa shape index (κ2) is 98.6. The van der Waals surface area contributed by atoms with E-state index in [2.05, 4.69) is 295 Å². The molecule has 10 fully saturated rings. The summed E-state index contributed by atoms with van der Waals surface area (Å²) in [6, 6.07) is 17.5. The van der Waals surface area contributed by atoms with E-state index in [-0.39, 0.29) is 5.60 Å². The average Bonchev–Trinajstić information content (AvgIpc) is 1.11. The highest BCUT2D eigenvalue weighted by molar-refractivity contribution is 7.91. The van der Waals surface area contributed by atoms with Gasteiger partial charge in [0.2, 0.25) is 0 Å². The molecular weight excluding hydrogens is 1660 g/mol. The molecule has 3 spiro atoms. The molecule has 0 amide bonds. The van der Waals surface area contributed by atoms with Crippen LogP contribution in [0.15, 0.2) is 30.3 Å². The topological polar surface area (TPSA) is 92.8 Å². The van der Waals surface area contributed by atoms with Crippen LogP contribution >= 0.6 is 0 Å². The zero-order valence-corrected chi connectivity index (χ0v) is 103. The Bertz CT molecular complexity index is 2390. The first-order valence-electron chi connectivity index (χ1n) is 57.0. The Morgan fingerprint density at radius 2 is 0.614 bits per heavy atom. The number of piperidine rings is 5. The number of sulfone groups is 1. The van der Waals surface area contributed by atoms with Crippen molar-refractivity contribution in [2.24, 2.45) is 34.5 Å². The van der Waals surface area contributed by atoms with Crippen molar-refractivity contribution in [1.29, 1.82) is 0 Å². The Labute approximate surface area is 841 Å². The van der Waals surface area contributed by atoms with Gasteiger partial charge in [-0.1, -0.05) is 286 Å². The monoisotopic (exact) mass is 1920 g/mol. The van der Waals surface area contributed by atoms with E-state index in [4.69, 9.17) is 4.74 Å². The van der Waals surface area contributed by atoms with Crippen LogP contribution in [0.5, 0.6) is 0 Å². The minimum atomic E-state index is -2.69. The number of fused-ring (bicyclic) bond motifs is 1. The summed E-state index contributed by atoms with van der Waals surface area (Å²) in [4.78, 5) is 25.7. The van der Waals surface area contributed by atoms with E-state index in [1.165, 1.54) is 181 Å². The van der Waals surface area contributed by atoms with Crippen LogP contribution in [0.25, 0.3) is 0 Å². The van der Waals surface area contributed by atoms with Crippen LogP contribution in [-0.4, -0.2) is 288 Å². The number of likely N-dealkylation sites (tertiary alicyclic amines) is 5. The van der Waals surface area contributed by atoms with Crippen molar-refractivity contribution in [2.45, 2.75) is 529 Å². The van der Waals surface area contributed by atoms with E-state index >= 15 is 0 Å². The third kappa shape index (κ3) is 80.4. The fourth-order valence-corrected chi connectivity index (χ4v) is 18.2. The molecule has 1 atom stereocenters. The second-order valence-corrected chi connectivity index (χ2v) is 44.0. The maximum atomic E-state index is 11.0. The van der Waals surface area contributed by atoms with Gasteiger partial charge in [-0.25, -0.2) is 8.42 Å². The lowest BCUT2D eigenvalue weighted by Crippen LogP contribution is -2.58. The van der Waals surface area contributed by atoms with Crippen molar-refractivity contribution < 1.29 is 17.4 Å². The smallest absolute Gasteiger partial charge is 0.152 e. The van der Waals surface area contributed by atoms with Crippen LogP contribution in [0.1, 0.15) is 469 Å². The molecule has 10 heterocycles. The highest BCUT2D eigenvalue weighted by atomic mass is 32.2. The lowest BCUT2D eigenvalue weighted by Gasteiger charge is -2.49. The first-order chi connectivity index (χ1) is 62.3. The summed E-state index contributed by atoms with van der Waals surface area (Å²) in [6.07, 6.45) is 18.1. The summed E-state index contributed by atoms with van der Waals surface area (Å²) < 4.78 is 39.0. The Kier molecular flexibility index (Phi) is 115. The predicted octanol–water partition coefficient (Wildman–Crippen LogP) is 30.8. The van der Waals surface area contributed by atoms with Crippen molar-refractivity contribution in [2.75, 3.05) is 161 Å². The van der Waals surface area contributed by atoms with Crippen molar-refractivity contribution in [3.63, 3.8) is 0 Å². The van der Waals surface area contributed by atoms with E-state index in [0.717, 1.165) is 104 Å². The molecule has 10 saturated heterocycles. The summed E-state index contributed by atoms with van der Waals surface area (Å²) in [5.74, 6) is 6.47. The minimum absolute atomic E-state index is 0.161. The Hall–Kier alpha value is -1.12. The van der Waals surface area contributed by atoms with E-state index in [9.17, 15) is 12.6 Å². The number of morpholine rings is 1. The normalized spacial score (nSPS) is 19.8. The van der Waals surface area contributed by atoms with Gasteiger partial charge in [-0.05, 0) is 300 Å². The van der Waals surface area contributed by atoms with Gasteiger partial charge in [-0.2, -0.15) is 0 Å². The molecule has 1 aromatic carbocycles. The van der Waals surface area contributed by atoms with Gasteiger partial charge in [0.05, 0.1) is 23.7 Å². The Morgan fingerprint density at radius 1 is 0.326 bits per heavy atom. The molecule has 132 heavy (non-hydrogen) atoms. The van der Waals surface area contributed by atoms with Crippen molar-refractivity contribution >= 4 is 20.6 Å². The molecule has 0 bridgehead atoms. The molecule has 10 aliphatic heterocycles. The van der Waals surface area contributed by atoms with Crippen LogP contribution in [-0.2, 0) is 25.4 Å². The molecule has 808 valence electrons. The summed E-state index contributed by atoms with van der Waals surface area (Å²) in [5.41, 5.74) is 2.94. The van der Waals surface area contributed by atoms with Gasteiger partial charge in [-0.15, -0.1) is 0 Å². The van der Waals surface area contributed by atoms with Gasteiger partial charge in [0, 0.05) is 161 Å².